The summed E-state index contributed by atoms with van der Waals surface area (Å²) in [6.45, 7) is 0.833. The van der Waals surface area contributed by atoms with Gasteiger partial charge in [0.2, 0.25) is 0 Å². The Hall–Kier alpha value is -2.83. The molecule has 2 aromatic carbocycles. The molecule has 140 valence electrons. The van der Waals surface area contributed by atoms with Crippen LogP contribution in [0.4, 0.5) is 5.69 Å². The number of anilines is 1. The van der Waals surface area contributed by atoms with Gasteiger partial charge in [0.15, 0.2) is 12.3 Å². The third-order valence-corrected chi connectivity index (χ3v) is 4.23. The molecule has 27 heavy (non-hydrogen) atoms. The van der Waals surface area contributed by atoms with Crippen LogP contribution in [0.2, 0.25) is 5.02 Å². The number of nitrogens with one attached hydrogen (secondary N) is 2. The monoisotopic (exact) mass is 386 g/mol. The first-order chi connectivity index (χ1) is 13.0. The van der Waals surface area contributed by atoms with Gasteiger partial charge in [-0.15, -0.1) is 0 Å². The number of quaternary nitrogens is 1. The SMILES string of the molecule is COc1ccc(Cl)cc1NC(=O)C[NH+](C)Cc1cc(-c2ccccc2)on1. The molecule has 1 aromatic heterocycles. The molecule has 0 aliphatic heterocycles. The van der Waals surface area contributed by atoms with E-state index in [1.165, 1.54) is 0 Å². The summed E-state index contributed by atoms with van der Waals surface area (Å²) < 4.78 is 10.6. The highest BCUT2D eigenvalue weighted by Gasteiger charge is 2.16. The van der Waals surface area contributed by atoms with E-state index >= 15 is 0 Å². The Labute approximate surface area is 162 Å². The molecule has 0 bridgehead atoms. The molecule has 6 nitrogen and oxygen atoms in total. The molecule has 0 fully saturated rings. The van der Waals surface area contributed by atoms with E-state index in [4.69, 9.17) is 20.9 Å². The summed E-state index contributed by atoms with van der Waals surface area (Å²) in [4.78, 5) is 13.3. The van der Waals surface area contributed by atoms with Crippen molar-refractivity contribution >= 4 is 23.2 Å². The number of halogens is 1. The second kappa shape index (κ2) is 8.70. The van der Waals surface area contributed by atoms with Gasteiger partial charge in [0.05, 0.1) is 19.8 Å². The molecule has 0 saturated heterocycles. The topological polar surface area (TPSA) is 68.8 Å². The van der Waals surface area contributed by atoms with Gasteiger partial charge in [-0.3, -0.25) is 4.79 Å². The van der Waals surface area contributed by atoms with Crippen LogP contribution in [0.25, 0.3) is 11.3 Å². The van der Waals surface area contributed by atoms with Crippen molar-refractivity contribution in [2.75, 3.05) is 26.0 Å². The Balaban J connectivity index is 1.58. The lowest BCUT2D eigenvalue weighted by molar-refractivity contribution is -0.885. The average Bonchev–Trinajstić information content (AvgIpc) is 3.11. The second-order valence-corrected chi connectivity index (χ2v) is 6.69. The number of methoxy groups -OCH3 is 1. The Morgan fingerprint density at radius 1 is 1.22 bits per heavy atom. The minimum absolute atomic E-state index is 0.139. The van der Waals surface area contributed by atoms with Crippen LogP contribution < -0.4 is 15.0 Å². The Morgan fingerprint density at radius 3 is 2.74 bits per heavy atom. The molecule has 0 spiro atoms. The molecule has 1 atom stereocenters. The number of nitrogens with zero attached hydrogens (tertiary/aromatic N) is 1. The van der Waals surface area contributed by atoms with Crippen LogP contribution in [0.5, 0.6) is 5.75 Å². The minimum Gasteiger partial charge on any atom is -0.495 e. The Kier molecular flexibility index (Phi) is 6.11. The van der Waals surface area contributed by atoms with Gasteiger partial charge in [0.1, 0.15) is 18.0 Å². The average molecular weight is 387 g/mol. The van der Waals surface area contributed by atoms with Crippen LogP contribution in [0.1, 0.15) is 5.69 Å². The van der Waals surface area contributed by atoms with Crippen molar-refractivity contribution in [3.63, 3.8) is 0 Å². The van der Waals surface area contributed by atoms with Gasteiger partial charge in [-0.25, -0.2) is 0 Å². The summed E-state index contributed by atoms with van der Waals surface area (Å²) in [5, 5.41) is 7.47. The highest BCUT2D eigenvalue weighted by molar-refractivity contribution is 6.31. The van der Waals surface area contributed by atoms with Gasteiger partial charge in [-0.2, -0.15) is 0 Å². The number of carbonyl (C=O) groups excluding carboxylic acids is 1. The third kappa shape index (κ3) is 5.09. The van der Waals surface area contributed by atoms with Crippen LogP contribution in [0.15, 0.2) is 59.1 Å². The van der Waals surface area contributed by atoms with E-state index in [0.717, 1.165) is 16.2 Å². The van der Waals surface area contributed by atoms with Gasteiger partial charge >= 0.3 is 0 Å². The molecule has 0 aliphatic rings. The number of likely N-dealkylation sites (N-methyl/N-ethyl adjacent to an activating group) is 1. The maximum atomic E-state index is 12.3. The summed E-state index contributed by atoms with van der Waals surface area (Å²) in [7, 11) is 3.47. The molecular weight excluding hydrogens is 366 g/mol. The first kappa shape index (κ1) is 18.9. The Morgan fingerprint density at radius 2 is 2.00 bits per heavy atom. The summed E-state index contributed by atoms with van der Waals surface area (Å²) >= 11 is 5.99. The predicted molar refractivity (Wildman–Crippen MR) is 104 cm³/mol. The second-order valence-electron chi connectivity index (χ2n) is 6.25. The van der Waals surface area contributed by atoms with Gasteiger partial charge < -0.3 is 19.5 Å². The molecule has 1 amide bonds. The maximum Gasteiger partial charge on any atom is 0.279 e. The van der Waals surface area contributed by atoms with Crippen LogP contribution in [-0.2, 0) is 11.3 Å². The molecule has 0 saturated carbocycles. The van der Waals surface area contributed by atoms with Crippen LogP contribution >= 0.6 is 11.6 Å². The summed E-state index contributed by atoms with van der Waals surface area (Å²) in [5.74, 6) is 1.14. The summed E-state index contributed by atoms with van der Waals surface area (Å²) in [6, 6.07) is 16.8. The molecule has 1 heterocycles. The highest BCUT2D eigenvalue weighted by atomic mass is 35.5. The number of hydrogen-bond acceptors (Lipinski definition) is 4. The zero-order valence-corrected chi connectivity index (χ0v) is 15.9. The highest BCUT2D eigenvalue weighted by Crippen LogP contribution is 2.27. The molecule has 0 radical (unpaired) electrons. The zero-order valence-electron chi connectivity index (χ0n) is 15.2. The van der Waals surface area contributed by atoms with E-state index in [0.29, 0.717) is 28.8 Å². The lowest BCUT2D eigenvalue weighted by Gasteiger charge is -2.14. The first-order valence-electron chi connectivity index (χ1n) is 8.51. The van der Waals surface area contributed by atoms with E-state index < -0.39 is 0 Å². The van der Waals surface area contributed by atoms with E-state index in [1.807, 2.05) is 43.4 Å². The molecule has 2 N–H and O–H groups in total. The minimum atomic E-state index is -0.139. The fourth-order valence-electron chi connectivity index (χ4n) is 2.75. The van der Waals surface area contributed by atoms with Crippen molar-refractivity contribution in [2.45, 2.75) is 6.54 Å². The van der Waals surface area contributed by atoms with E-state index in [9.17, 15) is 4.79 Å². The van der Waals surface area contributed by atoms with Gasteiger partial charge in [0.25, 0.3) is 5.91 Å². The maximum absolute atomic E-state index is 12.3. The molecule has 0 aliphatic carbocycles. The standard InChI is InChI=1S/C20H20ClN3O3/c1-24(12-16-11-19(27-23-16)14-6-4-3-5-7-14)13-20(25)22-17-10-15(21)8-9-18(17)26-2/h3-11H,12-13H2,1-2H3,(H,22,25)/p+1. The number of aromatic nitrogens is 1. The van der Waals surface area contributed by atoms with E-state index in [2.05, 4.69) is 10.5 Å². The third-order valence-electron chi connectivity index (χ3n) is 4.00. The quantitative estimate of drug-likeness (QED) is 0.655. The molecule has 3 rings (SSSR count). The molecule has 7 heteroatoms. The summed E-state index contributed by atoms with van der Waals surface area (Å²) in [6.07, 6.45) is 0. The van der Waals surface area contributed by atoms with E-state index in [1.54, 1.807) is 25.3 Å². The number of hydrogen-bond donors (Lipinski definition) is 2. The van der Waals surface area contributed by atoms with Gasteiger partial charge in [-0.1, -0.05) is 47.1 Å². The van der Waals surface area contributed by atoms with Crippen LogP contribution in [0.3, 0.4) is 0 Å². The van der Waals surface area contributed by atoms with Gasteiger partial charge in [0, 0.05) is 16.7 Å². The lowest BCUT2D eigenvalue weighted by Crippen LogP contribution is -3.08. The molecular formula is C20H21ClN3O3+. The fraction of sp³-hybridized carbons (Fsp3) is 0.200. The summed E-state index contributed by atoms with van der Waals surface area (Å²) in [5.41, 5.74) is 2.31. The molecule has 3 aromatic rings. The van der Waals surface area contributed by atoms with Crippen LogP contribution in [0, 0.1) is 0 Å². The van der Waals surface area contributed by atoms with Crippen molar-refractivity contribution in [2.24, 2.45) is 0 Å². The predicted octanol–water partition coefficient (Wildman–Crippen LogP) is 2.66. The lowest BCUT2D eigenvalue weighted by atomic mass is 10.1. The first-order valence-corrected chi connectivity index (χ1v) is 8.88. The number of amides is 1. The normalized spacial score (nSPS) is 11.8. The van der Waals surface area contributed by atoms with Crippen molar-refractivity contribution in [1.82, 2.24) is 5.16 Å². The van der Waals surface area contributed by atoms with Gasteiger partial charge in [-0.05, 0) is 18.2 Å². The van der Waals surface area contributed by atoms with Crippen molar-refractivity contribution < 1.29 is 19.0 Å². The smallest absolute Gasteiger partial charge is 0.279 e. The number of benzene rings is 2. The fourth-order valence-corrected chi connectivity index (χ4v) is 2.92. The van der Waals surface area contributed by atoms with Crippen molar-refractivity contribution in [3.8, 4) is 17.1 Å². The largest absolute Gasteiger partial charge is 0.495 e. The van der Waals surface area contributed by atoms with Crippen molar-refractivity contribution in [3.05, 3.63) is 65.3 Å². The number of carbonyl (C=O) groups is 1. The van der Waals surface area contributed by atoms with E-state index in [-0.39, 0.29) is 12.5 Å². The number of ether oxygens (including phenoxy) is 1. The zero-order chi connectivity index (χ0) is 19.2. The Bertz CT molecular complexity index is 912. The molecule has 1 unspecified atom stereocenters. The van der Waals surface area contributed by atoms with Crippen LogP contribution in [-0.4, -0.2) is 31.8 Å². The number of rotatable bonds is 7. The van der Waals surface area contributed by atoms with Crippen molar-refractivity contribution in [1.29, 1.82) is 0 Å².